The fraction of sp³-hybridized carbons (Fsp3) is 0.333. The second-order valence-corrected chi connectivity index (χ2v) is 2.42. The molecule has 1 aromatic rings. The van der Waals surface area contributed by atoms with E-state index >= 15 is 0 Å². The monoisotopic (exact) mass is 172 g/mol. The maximum atomic E-state index is 12.8. The van der Waals surface area contributed by atoms with E-state index in [2.05, 4.69) is 0 Å². The van der Waals surface area contributed by atoms with Gasteiger partial charge in [0.25, 0.3) is 0 Å². The van der Waals surface area contributed by atoms with Crippen LogP contribution in [0, 0.1) is 11.6 Å². The molecule has 0 radical (unpaired) electrons. The third kappa shape index (κ3) is 2.19. The first-order valence-corrected chi connectivity index (χ1v) is 3.82. The molecule has 66 valence electrons. The lowest BCUT2D eigenvalue weighted by molar-refractivity contribution is 0.299. The van der Waals surface area contributed by atoms with Crippen LogP contribution in [-0.2, 0) is 0 Å². The molecule has 0 aliphatic rings. The molecule has 0 spiro atoms. The van der Waals surface area contributed by atoms with Crippen molar-refractivity contribution in [1.82, 2.24) is 0 Å². The van der Waals surface area contributed by atoms with Gasteiger partial charge in [0, 0.05) is 6.07 Å². The highest BCUT2D eigenvalue weighted by atomic mass is 19.1. The summed E-state index contributed by atoms with van der Waals surface area (Å²) in [6.07, 6.45) is 0.774. The molecule has 1 rings (SSSR count). The van der Waals surface area contributed by atoms with Gasteiger partial charge in [0.05, 0.1) is 6.61 Å². The van der Waals surface area contributed by atoms with Gasteiger partial charge in [0.1, 0.15) is 5.82 Å². The Balaban J connectivity index is 2.75. The van der Waals surface area contributed by atoms with Gasteiger partial charge >= 0.3 is 0 Å². The van der Waals surface area contributed by atoms with Crippen molar-refractivity contribution in [2.75, 3.05) is 6.61 Å². The van der Waals surface area contributed by atoms with Gasteiger partial charge in [-0.05, 0) is 18.6 Å². The van der Waals surface area contributed by atoms with E-state index in [0.717, 1.165) is 24.6 Å². The summed E-state index contributed by atoms with van der Waals surface area (Å²) >= 11 is 0. The maximum absolute atomic E-state index is 12.8. The average Bonchev–Trinajstić information content (AvgIpc) is 2.07. The Hall–Kier alpha value is -1.12. The zero-order valence-electron chi connectivity index (χ0n) is 6.81. The number of halogens is 2. The van der Waals surface area contributed by atoms with E-state index in [0.29, 0.717) is 6.61 Å². The van der Waals surface area contributed by atoms with Crippen molar-refractivity contribution in [3.8, 4) is 5.75 Å². The summed E-state index contributed by atoms with van der Waals surface area (Å²) in [7, 11) is 0. The standard InChI is InChI=1S/C9H10F2O/c1-2-5-12-9-6-7(10)3-4-8(9)11/h3-4,6H,2,5H2,1H3. The Labute approximate surface area is 70.0 Å². The van der Waals surface area contributed by atoms with E-state index in [-0.39, 0.29) is 5.75 Å². The van der Waals surface area contributed by atoms with Crippen LogP contribution in [0.3, 0.4) is 0 Å². The van der Waals surface area contributed by atoms with E-state index in [4.69, 9.17) is 4.74 Å². The highest BCUT2D eigenvalue weighted by Gasteiger charge is 2.03. The molecule has 1 nitrogen and oxygen atoms in total. The van der Waals surface area contributed by atoms with Crippen LogP contribution in [0.4, 0.5) is 8.78 Å². The van der Waals surface area contributed by atoms with E-state index < -0.39 is 11.6 Å². The van der Waals surface area contributed by atoms with Crippen molar-refractivity contribution in [2.45, 2.75) is 13.3 Å². The summed E-state index contributed by atoms with van der Waals surface area (Å²) in [6, 6.07) is 3.17. The summed E-state index contributed by atoms with van der Waals surface area (Å²) < 4.78 is 30.3. The van der Waals surface area contributed by atoms with Crippen molar-refractivity contribution in [3.63, 3.8) is 0 Å². The molecule has 0 unspecified atom stereocenters. The lowest BCUT2D eigenvalue weighted by Gasteiger charge is -2.04. The minimum absolute atomic E-state index is 0.0168. The first kappa shape index (κ1) is 8.97. The molecular weight excluding hydrogens is 162 g/mol. The molecule has 0 heterocycles. The van der Waals surface area contributed by atoms with Gasteiger partial charge < -0.3 is 4.74 Å². The van der Waals surface area contributed by atoms with Crippen LogP contribution in [0.15, 0.2) is 18.2 Å². The summed E-state index contributed by atoms with van der Waals surface area (Å²) in [4.78, 5) is 0. The zero-order valence-corrected chi connectivity index (χ0v) is 6.81. The molecule has 0 bridgehead atoms. The normalized spacial score (nSPS) is 9.92. The predicted molar refractivity (Wildman–Crippen MR) is 42.1 cm³/mol. The molecule has 1 aromatic carbocycles. The van der Waals surface area contributed by atoms with Crippen LogP contribution >= 0.6 is 0 Å². The number of benzene rings is 1. The third-order valence-corrected chi connectivity index (χ3v) is 1.35. The Bertz CT molecular complexity index is 261. The van der Waals surface area contributed by atoms with E-state index in [1.165, 1.54) is 0 Å². The molecule has 0 fully saturated rings. The van der Waals surface area contributed by atoms with E-state index in [9.17, 15) is 8.78 Å². The van der Waals surface area contributed by atoms with Crippen molar-refractivity contribution >= 4 is 0 Å². The molecule has 0 amide bonds. The van der Waals surface area contributed by atoms with Crippen LogP contribution in [0.2, 0.25) is 0 Å². The average molecular weight is 172 g/mol. The Morgan fingerprint density at radius 3 is 2.75 bits per heavy atom. The predicted octanol–water partition coefficient (Wildman–Crippen LogP) is 2.75. The number of ether oxygens (including phenoxy) is 1. The molecule has 0 saturated heterocycles. The fourth-order valence-electron chi connectivity index (χ4n) is 0.800. The molecule has 0 N–H and O–H groups in total. The van der Waals surface area contributed by atoms with Crippen LogP contribution in [0.1, 0.15) is 13.3 Å². The lowest BCUT2D eigenvalue weighted by atomic mass is 10.3. The minimum Gasteiger partial charge on any atom is -0.490 e. The van der Waals surface area contributed by atoms with Crippen molar-refractivity contribution in [1.29, 1.82) is 0 Å². The summed E-state index contributed by atoms with van der Waals surface area (Å²) in [5, 5.41) is 0. The minimum atomic E-state index is -0.523. The molecule has 0 aliphatic heterocycles. The number of hydrogen-bond acceptors (Lipinski definition) is 1. The largest absolute Gasteiger partial charge is 0.490 e. The van der Waals surface area contributed by atoms with Crippen molar-refractivity contribution in [2.24, 2.45) is 0 Å². The molecule has 3 heteroatoms. The second-order valence-electron chi connectivity index (χ2n) is 2.42. The van der Waals surface area contributed by atoms with Crippen LogP contribution in [0.5, 0.6) is 5.75 Å². The van der Waals surface area contributed by atoms with E-state index in [1.54, 1.807) is 0 Å². The molecule has 0 atom stereocenters. The van der Waals surface area contributed by atoms with Gasteiger partial charge in [-0.3, -0.25) is 0 Å². The third-order valence-electron chi connectivity index (χ3n) is 1.35. The van der Waals surface area contributed by atoms with Crippen molar-refractivity contribution in [3.05, 3.63) is 29.8 Å². The van der Waals surface area contributed by atoms with Gasteiger partial charge in [0.15, 0.2) is 11.6 Å². The van der Waals surface area contributed by atoms with Crippen molar-refractivity contribution < 1.29 is 13.5 Å². The summed E-state index contributed by atoms with van der Waals surface area (Å²) in [6.45, 7) is 2.30. The van der Waals surface area contributed by atoms with Crippen LogP contribution in [-0.4, -0.2) is 6.61 Å². The molecule has 0 aromatic heterocycles. The van der Waals surface area contributed by atoms with Gasteiger partial charge in [-0.2, -0.15) is 0 Å². The Morgan fingerprint density at radius 2 is 2.08 bits per heavy atom. The Kier molecular flexibility index (Phi) is 3.02. The fourth-order valence-corrected chi connectivity index (χ4v) is 0.800. The quantitative estimate of drug-likeness (QED) is 0.681. The van der Waals surface area contributed by atoms with Gasteiger partial charge in [0.2, 0.25) is 0 Å². The number of hydrogen-bond donors (Lipinski definition) is 0. The van der Waals surface area contributed by atoms with Gasteiger partial charge in [-0.1, -0.05) is 6.92 Å². The maximum Gasteiger partial charge on any atom is 0.165 e. The first-order chi connectivity index (χ1) is 5.74. The highest BCUT2D eigenvalue weighted by molar-refractivity contribution is 5.24. The number of rotatable bonds is 3. The van der Waals surface area contributed by atoms with Crippen LogP contribution in [0.25, 0.3) is 0 Å². The van der Waals surface area contributed by atoms with Crippen LogP contribution < -0.4 is 4.74 Å². The first-order valence-electron chi connectivity index (χ1n) is 3.82. The molecular formula is C9H10F2O. The molecule has 0 aliphatic carbocycles. The summed E-state index contributed by atoms with van der Waals surface area (Å²) in [5.74, 6) is -1.02. The smallest absolute Gasteiger partial charge is 0.165 e. The topological polar surface area (TPSA) is 9.23 Å². The zero-order chi connectivity index (χ0) is 8.97. The highest BCUT2D eigenvalue weighted by Crippen LogP contribution is 2.17. The SMILES string of the molecule is CCCOc1cc(F)ccc1F. The molecule has 12 heavy (non-hydrogen) atoms. The van der Waals surface area contributed by atoms with Gasteiger partial charge in [-0.25, -0.2) is 8.78 Å². The van der Waals surface area contributed by atoms with Gasteiger partial charge in [-0.15, -0.1) is 0 Å². The van der Waals surface area contributed by atoms with E-state index in [1.807, 2.05) is 6.92 Å². The summed E-state index contributed by atoms with van der Waals surface area (Å²) in [5.41, 5.74) is 0. The second kappa shape index (κ2) is 4.04. The molecule has 0 saturated carbocycles. The lowest BCUT2D eigenvalue weighted by Crippen LogP contribution is -1.97. The Morgan fingerprint density at radius 1 is 1.33 bits per heavy atom.